The zero-order valence-electron chi connectivity index (χ0n) is 13.3. The Morgan fingerprint density at radius 2 is 2.23 bits per heavy atom. The lowest BCUT2D eigenvalue weighted by Crippen LogP contribution is -2.41. The molecular formula is C15H23N3O4. The molecule has 1 aliphatic rings. The molecule has 7 heteroatoms. The minimum absolute atomic E-state index is 0.0227. The molecule has 122 valence electrons. The fraction of sp³-hybridized carbons (Fsp3) is 0.667. The van der Waals surface area contributed by atoms with Crippen LogP contribution in [-0.2, 0) is 22.4 Å². The van der Waals surface area contributed by atoms with E-state index in [1.807, 2.05) is 20.8 Å². The summed E-state index contributed by atoms with van der Waals surface area (Å²) in [5.41, 5.74) is 1.12. The zero-order chi connectivity index (χ0) is 16.1. The maximum atomic E-state index is 12.1. The number of rotatable bonds is 6. The minimum atomic E-state index is -0.235. The number of aromatic nitrogens is 1. The van der Waals surface area contributed by atoms with E-state index >= 15 is 0 Å². The Balaban J connectivity index is 2.01. The fourth-order valence-electron chi connectivity index (χ4n) is 2.50. The number of amides is 2. The average molecular weight is 309 g/mol. The van der Waals surface area contributed by atoms with Crippen LogP contribution in [0.5, 0.6) is 0 Å². The summed E-state index contributed by atoms with van der Waals surface area (Å²) in [7, 11) is 0. The average Bonchev–Trinajstić information content (AvgIpc) is 2.87. The maximum absolute atomic E-state index is 12.1. The predicted molar refractivity (Wildman–Crippen MR) is 79.6 cm³/mol. The number of carbonyl (C=O) groups is 2. The highest BCUT2D eigenvalue weighted by Gasteiger charge is 2.29. The van der Waals surface area contributed by atoms with Gasteiger partial charge in [0.15, 0.2) is 5.69 Å². The molecule has 0 saturated carbocycles. The third-order valence-electron chi connectivity index (χ3n) is 3.48. The van der Waals surface area contributed by atoms with Gasteiger partial charge in [0.1, 0.15) is 12.4 Å². The van der Waals surface area contributed by atoms with Crippen molar-refractivity contribution < 1.29 is 18.8 Å². The third kappa shape index (κ3) is 4.07. The Bertz CT molecular complexity index is 539. The van der Waals surface area contributed by atoms with Gasteiger partial charge in [0.2, 0.25) is 5.91 Å². The van der Waals surface area contributed by atoms with Crippen LogP contribution in [0, 0.1) is 0 Å². The van der Waals surface area contributed by atoms with Crippen LogP contribution in [0.3, 0.4) is 0 Å². The second kappa shape index (κ2) is 7.40. The Morgan fingerprint density at radius 1 is 1.45 bits per heavy atom. The largest absolute Gasteiger partial charge is 0.372 e. The summed E-state index contributed by atoms with van der Waals surface area (Å²) >= 11 is 0. The van der Waals surface area contributed by atoms with Crippen molar-refractivity contribution in [3.8, 4) is 0 Å². The Hall–Kier alpha value is -1.89. The summed E-state index contributed by atoms with van der Waals surface area (Å²) in [4.78, 5) is 23.8. The van der Waals surface area contributed by atoms with Gasteiger partial charge in [-0.15, -0.1) is 0 Å². The Labute approximate surface area is 129 Å². The summed E-state index contributed by atoms with van der Waals surface area (Å²) in [5, 5.41) is 9.63. The van der Waals surface area contributed by atoms with Gasteiger partial charge < -0.3 is 19.9 Å². The van der Waals surface area contributed by atoms with E-state index in [0.717, 1.165) is 17.7 Å². The molecule has 0 aromatic carbocycles. The molecular weight excluding hydrogens is 286 g/mol. The number of carbonyl (C=O) groups excluding carboxylic acids is 2. The number of hydrogen-bond acceptors (Lipinski definition) is 5. The molecule has 0 radical (unpaired) electrons. The highest BCUT2D eigenvalue weighted by Crippen LogP contribution is 2.24. The van der Waals surface area contributed by atoms with Crippen LogP contribution in [0.2, 0.25) is 0 Å². The maximum Gasteiger partial charge on any atom is 0.273 e. The topological polar surface area (TPSA) is 93.5 Å². The first-order chi connectivity index (χ1) is 10.5. The van der Waals surface area contributed by atoms with Crippen molar-refractivity contribution in [3.63, 3.8) is 0 Å². The van der Waals surface area contributed by atoms with Gasteiger partial charge >= 0.3 is 0 Å². The van der Waals surface area contributed by atoms with E-state index in [-0.39, 0.29) is 30.5 Å². The van der Waals surface area contributed by atoms with Gasteiger partial charge in [-0.3, -0.25) is 9.59 Å². The van der Waals surface area contributed by atoms with E-state index < -0.39 is 0 Å². The quantitative estimate of drug-likeness (QED) is 0.811. The standard InChI is InChI=1S/C15H23N3O4/c1-4-21-8-13(19)17-10-5-6-12-11(7-10)14(18-22-12)15(20)16-9(2)3/h9-10H,4-8H2,1-3H3,(H,16,20)(H,17,19). The van der Waals surface area contributed by atoms with E-state index in [2.05, 4.69) is 15.8 Å². The van der Waals surface area contributed by atoms with Crippen LogP contribution in [0.25, 0.3) is 0 Å². The van der Waals surface area contributed by atoms with Crippen LogP contribution in [0.15, 0.2) is 4.52 Å². The number of hydrogen-bond donors (Lipinski definition) is 2. The molecule has 0 saturated heterocycles. The molecule has 7 nitrogen and oxygen atoms in total. The summed E-state index contributed by atoms with van der Waals surface area (Å²) in [6.45, 7) is 6.19. The van der Waals surface area contributed by atoms with E-state index in [4.69, 9.17) is 9.26 Å². The molecule has 0 fully saturated rings. The van der Waals surface area contributed by atoms with E-state index in [0.29, 0.717) is 25.1 Å². The van der Waals surface area contributed by atoms with Crippen LogP contribution in [0.1, 0.15) is 49.0 Å². The molecule has 1 aliphatic carbocycles. The Kier molecular flexibility index (Phi) is 5.54. The van der Waals surface area contributed by atoms with Gasteiger partial charge in [0.25, 0.3) is 5.91 Å². The highest BCUT2D eigenvalue weighted by atomic mass is 16.5. The molecule has 0 bridgehead atoms. The zero-order valence-corrected chi connectivity index (χ0v) is 13.3. The van der Waals surface area contributed by atoms with E-state index in [1.165, 1.54) is 0 Å². The normalized spacial score (nSPS) is 17.2. The lowest BCUT2D eigenvalue weighted by Gasteiger charge is -2.22. The van der Waals surface area contributed by atoms with Gasteiger partial charge in [0.05, 0.1) is 0 Å². The first-order valence-electron chi connectivity index (χ1n) is 7.66. The predicted octanol–water partition coefficient (Wildman–Crippen LogP) is 0.823. The summed E-state index contributed by atoms with van der Waals surface area (Å²) in [6.07, 6.45) is 1.99. The van der Waals surface area contributed by atoms with E-state index in [9.17, 15) is 9.59 Å². The monoisotopic (exact) mass is 309 g/mol. The molecule has 1 unspecified atom stereocenters. The molecule has 0 aliphatic heterocycles. The molecule has 2 N–H and O–H groups in total. The molecule has 0 spiro atoms. The number of nitrogens with one attached hydrogen (secondary N) is 2. The molecule has 1 aromatic heterocycles. The highest BCUT2D eigenvalue weighted by molar-refractivity contribution is 5.94. The van der Waals surface area contributed by atoms with Crippen molar-refractivity contribution in [2.45, 2.75) is 52.1 Å². The van der Waals surface area contributed by atoms with Gasteiger partial charge in [-0.25, -0.2) is 0 Å². The summed E-state index contributed by atoms with van der Waals surface area (Å²) in [6, 6.07) is 0.00980. The number of aryl methyl sites for hydroxylation is 1. The lowest BCUT2D eigenvalue weighted by atomic mass is 9.92. The fourth-order valence-corrected chi connectivity index (χ4v) is 2.50. The molecule has 1 atom stereocenters. The SMILES string of the molecule is CCOCC(=O)NC1CCc2onc(C(=O)NC(C)C)c2C1. The van der Waals surface area contributed by atoms with Crippen LogP contribution in [0.4, 0.5) is 0 Å². The van der Waals surface area contributed by atoms with Crippen LogP contribution >= 0.6 is 0 Å². The smallest absolute Gasteiger partial charge is 0.273 e. The number of ether oxygens (including phenoxy) is 1. The second-order valence-electron chi connectivity index (χ2n) is 5.71. The number of nitrogens with zero attached hydrogens (tertiary/aromatic N) is 1. The molecule has 22 heavy (non-hydrogen) atoms. The van der Waals surface area contributed by atoms with Crippen molar-refractivity contribution >= 4 is 11.8 Å². The molecule has 2 amide bonds. The first-order valence-corrected chi connectivity index (χ1v) is 7.66. The van der Waals surface area contributed by atoms with Crippen molar-refractivity contribution in [1.82, 2.24) is 15.8 Å². The van der Waals surface area contributed by atoms with Crippen molar-refractivity contribution in [1.29, 1.82) is 0 Å². The Morgan fingerprint density at radius 3 is 2.91 bits per heavy atom. The van der Waals surface area contributed by atoms with Crippen molar-refractivity contribution in [2.24, 2.45) is 0 Å². The van der Waals surface area contributed by atoms with E-state index in [1.54, 1.807) is 0 Å². The van der Waals surface area contributed by atoms with Crippen molar-refractivity contribution in [3.05, 3.63) is 17.0 Å². The molecule has 2 rings (SSSR count). The molecule has 1 heterocycles. The van der Waals surface area contributed by atoms with Gasteiger partial charge in [0, 0.05) is 30.7 Å². The second-order valence-corrected chi connectivity index (χ2v) is 5.71. The van der Waals surface area contributed by atoms with Crippen LogP contribution in [-0.4, -0.2) is 42.3 Å². The molecule has 1 aromatic rings. The van der Waals surface area contributed by atoms with Gasteiger partial charge in [-0.05, 0) is 33.6 Å². The van der Waals surface area contributed by atoms with Crippen LogP contribution < -0.4 is 10.6 Å². The number of fused-ring (bicyclic) bond motifs is 1. The summed E-state index contributed by atoms with van der Waals surface area (Å²) in [5.74, 6) is 0.366. The first kappa shape index (κ1) is 16.5. The van der Waals surface area contributed by atoms with Gasteiger partial charge in [-0.2, -0.15) is 0 Å². The summed E-state index contributed by atoms with van der Waals surface area (Å²) < 4.78 is 10.3. The lowest BCUT2D eigenvalue weighted by molar-refractivity contribution is -0.126. The third-order valence-corrected chi connectivity index (χ3v) is 3.48. The van der Waals surface area contributed by atoms with Gasteiger partial charge in [-0.1, -0.05) is 5.16 Å². The van der Waals surface area contributed by atoms with Crippen molar-refractivity contribution in [2.75, 3.05) is 13.2 Å². The minimum Gasteiger partial charge on any atom is -0.372 e.